The Bertz CT molecular complexity index is 775. The number of phenolic OH excluding ortho intramolecular Hbond substituents is 1. The van der Waals surface area contributed by atoms with Gasteiger partial charge in [-0.1, -0.05) is 30.3 Å². The van der Waals surface area contributed by atoms with E-state index in [9.17, 15) is 9.90 Å². The Morgan fingerprint density at radius 2 is 1.86 bits per heavy atom. The Kier molecular flexibility index (Phi) is 4.10. The molecule has 4 heteroatoms. The predicted octanol–water partition coefficient (Wildman–Crippen LogP) is 2.77. The van der Waals surface area contributed by atoms with Gasteiger partial charge in [-0.25, -0.2) is 0 Å². The number of aromatic nitrogens is 1. The number of carbonyl (C=O) groups is 1. The minimum absolute atomic E-state index is 0.0172. The number of amides is 1. The molecule has 0 saturated heterocycles. The molecule has 0 bridgehead atoms. The number of para-hydroxylation sites is 1. The summed E-state index contributed by atoms with van der Waals surface area (Å²) in [5.41, 5.74) is 3.15. The van der Waals surface area contributed by atoms with Gasteiger partial charge in [-0.3, -0.25) is 4.79 Å². The van der Waals surface area contributed by atoms with Crippen molar-refractivity contribution in [2.24, 2.45) is 0 Å². The first kappa shape index (κ1) is 14.2. The molecule has 4 nitrogen and oxygen atoms in total. The SMILES string of the molecule is O=C(Cc1c[nH]c2ccccc12)NCCc1ccc(O)cc1. The standard InChI is InChI=1S/C18H18N2O2/c21-15-7-5-13(6-8-15)9-10-19-18(22)11-14-12-20-17-4-2-1-3-16(14)17/h1-8,12,20-21H,9-11H2,(H,19,22). The van der Waals surface area contributed by atoms with E-state index in [1.54, 1.807) is 12.1 Å². The number of aromatic amines is 1. The lowest BCUT2D eigenvalue weighted by molar-refractivity contribution is -0.120. The van der Waals surface area contributed by atoms with Crippen LogP contribution in [0.5, 0.6) is 5.75 Å². The third-order valence-corrected chi connectivity index (χ3v) is 3.70. The average Bonchev–Trinajstić information content (AvgIpc) is 2.93. The molecule has 0 spiro atoms. The van der Waals surface area contributed by atoms with E-state index in [1.807, 2.05) is 42.6 Å². The molecule has 1 amide bonds. The third-order valence-electron chi connectivity index (χ3n) is 3.70. The van der Waals surface area contributed by atoms with E-state index in [1.165, 1.54) is 0 Å². The van der Waals surface area contributed by atoms with Gasteiger partial charge in [0.25, 0.3) is 0 Å². The van der Waals surface area contributed by atoms with Gasteiger partial charge in [0, 0.05) is 23.6 Å². The summed E-state index contributed by atoms with van der Waals surface area (Å²) in [6.07, 6.45) is 3.02. The van der Waals surface area contributed by atoms with Gasteiger partial charge in [-0.2, -0.15) is 0 Å². The fourth-order valence-electron chi connectivity index (χ4n) is 2.52. The second-order valence-electron chi connectivity index (χ2n) is 5.30. The lowest BCUT2D eigenvalue weighted by Crippen LogP contribution is -2.27. The van der Waals surface area contributed by atoms with Crippen molar-refractivity contribution in [3.63, 3.8) is 0 Å². The summed E-state index contributed by atoms with van der Waals surface area (Å²) >= 11 is 0. The van der Waals surface area contributed by atoms with Crippen LogP contribution >= 0.6 is 0 Å². The number of benzene rings is 2. The van der Waals surface area contributed by atoms with Crippen molar-refractivity contribution in [2.45, 2.75) is 12.8 Å². The van der Waals surface area contributed by atoms with E-state index in [0.29, 0.717) is 13.0 Å². The minimum atomic E-state index is 0.0172. The van der Waals surface area contributed by atoms with E-state index in [-0.39, 0.29) is 11.7 Å². The highest BCUT2D eigenvalue weighted by molar-refractivity contribution is 5.88. The molecular formula is C18H18N2O2. The van der Waals surface area contributed by atoms with Crippen LogP contribution in [0.25, 0.3) is 10.9 Å². The first-order valence-corrected chi connectivity index (χ1v) is 7.32. The van der Waals surface area contributed by atoms with Gasteiger partial charge < -0.3 is 15.4 Å². The summed E-state index contributed by atoms with van der Waals surface area (Å²) in [5, 5.41) is 13.3. The number of rotatable bonds is 5. The van der Waals surface area contributed by atoms with Crippen molar-refractivity contribution < 1.29 is 9.90 Å². The highest BCUT2D eigenvalue weighted by Gasteiger charge is 2.08. The Labute approximate surface area is 128 Å². The second-order valence-corrected chi connectivity index (χ2v) is 5.30. The van der Waals surface area contributed by atoms with Crippen LogP contribution in [-0.2, 0) is 17.6 Å². The average molecular weight is 294 g/mol. The Balaban J connectivity index is 1.53. The van der Waals surface area contributed by atoms with Gasteiger partial charge in [0.1, 0.15) is 5.75 Å². The Hall–Kier alpha value is -2.75. The van der Waals surface area contributed by atoms with Crippen LogP contribution in [0.3, 0.4) is 0 Å². The molecule has 0 radical (unpaired) electrons. The number of carbonyl (C=O) groups excluding carboxylic acids is 1. The molecule has 0 aliphatic carbocycles. The highest BCUT2D eigenvalue weighted by Crippen LogP contribution is 2.17. The molecule has 3 N–H and O–H groups in total. The number of hydrogen-bond donors (Lipinski definition) is 3. The molecule has 1 aromatic heterocycles. The summed E-state index contributed by atoms with van der Waals surface area (Å²) in [6, 6.07) is 15.0. The van der Waals surface area contributed by atoms with Crippen molar-refractivity contribution in [1.82, 2.24) is 10.3 Å². The minimum Gasteiger partial charge on any atom is -0.508 e. The van der Waals surface area contributed by atoms with E-state index in [4.69, 9.17) is 0 Å². The maximum absolute atomic E-state index is 12.0. The number of phenols is 1. The van der Waals surface area contributed by atoms with Gasteiger partial charge in [-0.05, 0) is 35.7 Å². The van der Waals surface area contributed by atoms with Crippen molar-refractivity contribution in [3.05, 3.63) is 65.9 Å². The molecule has 112 valence electrons. The normalized spacial score (nSPS) is 10.7. The molecule has 3 rings (SSSR count). The Morgan fingerprint density at radius 3 is 2.68 bits per heavy atom. The van der Waals surface area contributed by atoms with Gasteiger partial charge in [0.2, 0.25) is 5.91 Å². The van der Waals surface area contributed by atoms with Crippen LogP contribution < -0.4 is 5.32 Å². The number of fused-ring (bicyclic) bond motifs is 1. The van der Waals surface area contributed by atoms with Gasteiger partial charge in [-0.15, -0.1) is 0 Å². The molecule has 22 heavy (non-hydrogen) atoms. The molecule has 2 aromatic carbocycles. The van der Waals surface area contributed by atoms with Gasteiger partial charge >= 0.3 is 0 Å². The summed E-state index contributed by atoms with van der Waals surface area (Å²) in [6.45, 7) is 0.589. The summed E-state index contributed by atoms with van der Waals surface area (Å²) in [7, 11) is 0. The molecule has 0 aliphatic rings. The zero-order valence-corrected chi connectivity index (χ0v) is 12.2. The maximum atomic E-state index is 12.0. The van der Waals surface area contributed by atoms with Gasteiger partial charge in [0.05, 0.1) is 6.42 Å². The number of H-pyrrole nitrogens is 1. The number of nitrogens with one attached hydrogen (secondary N) is 2. The lowest BCUT2D eigenvalue weighted by Gasteiger charge is -2.05. The van der Waals surface area contributed by atoms with E-state index in [2.05, 4.69) is 10.3 Å². The quantitative estimate of drug-likeness (QED) is 0.677. The Morgan fingerprint density at radius 1 is 1.09 bits per heavy atom. The zero-order chi connectivity index (χ0) is 15.4. The topological polar surface area (TPSA) is 65.1 Å². The molecular weight excluding hydrogens is 276 g/mol. The van der Waals surface area contributed by atoms with E-state index in [0.717, 1.165) is 28.5 Å². The van der Waals surface area contributed by atoms with Crippen LogP contribution in [0.15, 0.2) is 54.7 Å². The van der Waals surface area contributed by atoms with E-state index < -0.39 is 0 Å². The van der Waals surface area contributed by atoms with Crippen molar-refractivity contribution in [1.29, 1.82) is 0 Å². The number of aromatic hydroxyl groups is 1. The predicted molar refractivity (Wildman–Crippen MR) is 86.8 cm³/mol. The molecule has 1 heterocycles. The highest BCUT2D eigenvalue weighted by atomic mass is 16.3. The third kappa shape index (κ3) is 3.28. The first-order chi connectivity index (χ1) is 10.7. The summed E-state index contributed by atoms with van der Waals surface area (Å²) in [5.74, 6) is 0.274. The molecule has 0 aliphatic heterocycles. The molecule has 3 aromatic rings. The molecule has 0 unspecified atom stereocenters. The maximum Gasteiger partial charge on any atom is 0.224 e. The molecule has 0 saturated carbocycles. The second kappa shape index (κ2) is 6.35. The summed E-state index contributed by atoms with van der Waals surface area (Å²) in [4.78, 5) is 15.2. The molecule has 0 atom stereocenters. The summed E-state index contributed by atoms with van der Waals surface area (Å²) < 4.78 is 0. The lowest BCUT2D eigenvalue weighted by atomic mass is 10.1. The monoisotopic (exact) mass is 294 g/mol. The van der Waals surface area contributed by atoms with Gasteiger partial charge in [0.15, 0.2) is 0 Å². The van der Waals surface area contributed by atoms with Crippen LogP contribution in [0.1, 0.15) is 11.1 Å². The van der Waals surface area contributed by atoms with Crippen molar-refractivity contribution in [2.75, 3.05) is 6.54 Å². The fraction of sp³-hybridized carbons (Fsp3) is 0.167. The van der Waals surface area contributed by atoms with Crippen LogP contribution in [0, 0.1) is 0 Å². The van der Waals surface area contributed by atoms with Crippen molar-refractivity contribution in [3.8, 4) is 5.75 Å². The fourth-order valence-corrected chi connectivity index (χ4v) is 2.52. The van der Waals surface area contributed by atoms with Crippen LogP contribution in [0.2, 0.25) is 0 Å². The van der Waals surface area contributed by atoms with E-state index >= 15 is 0 Å². The molecule has 0 fully saturated rings. The number of hydrogen-bond acceptors (Lipinski definition) is 2. The van der Waals surface area contributed by atoms with Crippen LogP contribution in [-0.4, -0.2) is 22.5 Å². The van der Waals surface area contributed by atoms with Crippen molar-refractivity contribution >= 4 is 16.8 Å². The first-order valence-electron chi connectivity index (χ1n) is 7.32. The van der Waals surface area contributed by atoms with Crippen LogP contribution in [0.4, 0.5) is 0 Å². The zero-order valence-electron chi connectivity index (χ0n) is 12.2. The largest absolute Gasteiger partial charge is 0.508 e. The smallest absolute Gasteiger partial charge is 0.224 e.